The number of rotatable bonds is 4. The predicted octanol–water partition coefficient (Wildman–Crippen LogP) is 2.45. The predicted molar refractivity (Wildman–Crippen MR) is 79.9 cm³/mol. The van der Waals surface area contributed by atoms with Crippen LogP contribution < -0.4 is 4.31 Å². The lowest BCUT2D eigenvalue weighted by Crippen LogP contribution is -2.35. The summed E-state index contributed by atoms with van der Waals surface area (Å²) in [5, 5.41) is 3.70. The van der Waals surface area contributed by atoms with Crippen LogP contribution in [0.5, 0.6) is 0 Å². The molecule has 1 aromatic heterocycles. The molecule has 0 spiro atoms. The highest BCUT2D eigenvalue weighted by Crippen LogP contribution is 2.37. The zero-order valence-electron chi connectivity index (χ0n) is 11.4. The second-order valence-corrected chi connectivity index (χ2v) is 7.68. The molecule has 1 aliphatic rings. The van der Waals surface area contributed by atoms with Crippen molar-refractivity contribution < 1.29 is 17.2 Å². The van der Waals surface area contributed by atoms with Gasteiger partial charge in [-0.1, -0.05) is 12.1 Å². The Labute approximate surface area is 131 Å². The summed E-state index contributed by atoms with van der Waals surface area (Å²) in [4.78, 5) is 0.812. The smallest absolute Gasteiger partial charge is 0.266 e. The molecule has 0 aliphatic carbocycles. The van der Waals surface area contributed by atoms with Gasteiger partial charge in [-0.15, -0.1) is 11.8 Å². The van der Waals surface area contributed by atoms with Crippen LogP contribution in [-0.4, -0.2) is 36.9 Å². The number of alkyl halides is 2. The van der Waals surface area contributed by atoms with E-state index in [0.717, 1.165) is 22.0 Å². The van der Waals surface area contributed by atoms with Gasteiger partial charge in [0, 0.05) is 23.4 Å². The van der Waals surface area contributed by atoms with Gasteiger partial charge in [0.1, 0.15) is 11.4 Å². The SMILES string of the molecule is O=S(=O)(c1cnn(CC(F)F)c1)N1CCSc2ccccc21. The Kier molecular flexibility index (Phi) is 4.09. The molecule has 1 aliphatic heterocycles. The zero-order chi connectivity index (χ0) is 15.7. The summed E-state index contributed by atoms with van der Waals surface area (Å²) in [7, 11) is -3.80. The summed E-state index contributed by atoms with van der Waals surface area (Å²) < 4.78 is 52.4. The van der Waals surface area contributed by atoms with Crippen molar-refractivity contribution in [2.24, 2.45) is 0 Å². The van der Waals surface area contributed by atoms with Crippen LogP contribution in [0.25, 0.3) is 0 Å². The Morgan fingerprint density at radius 1 is 1.32 bits per heavy atom. The standard InChI is InChI=1S/C13H13F2N3O2S2/c14-13(15)9-17-8-10(7-16-17)22(19,20)18-5-6-21-12-4-2-1-3-11(12)18/h1-4,7-8,13H,5-6,9H2. The second-order valence-electron chi connectivity index (χ2n) is 4.68. The molecule has 0 saturated heterocycles. The molecular formula is C13H13F2N3O2S2. The van der Waals surface area contributed by atoms with E-state index in [4.69, 9.17) is 0 Å². The summed E-state index contributed by atoms with van der Waals surface area (Å²) in [6.07, 6.45) is -0.323. The van der Waals surface area contributed by atoms with Gasteiger partial charge in [-0.05, 0) is 12.1 Å². The fraction of sp³-hybridized carbons (Fsp3) is 0.308. The maximum absolute atomic E-state index is 12.7. The first-order chi connectivity index (χ1) is 10.5. The van der Waals surface area contributed by atoms with Gasteiger partial charge in [0.25, 0.3) is 16.4 Å². The molecule has 0 atom stereocenters. The highest BCUT2D eigenvalue weighted by molar-refractivity contribution is 8.00. The van der Waals surface area contributed by atoms with E-state index in [1.54, 1.807) is 23.9 Å². The van der Waals surface area contributed by atoms with Gasteiger partial charge in [0.05, 0.1) is 11.9 Å². The Bertz CT molecular complexity index is 777. The maximum atomic E-state index is 12.7. The average molecular weight is 345 g/mol. The molecule has 2 heterocycles. The highest BCUT2D eigenvalue weighted by Gasteiger charge is 2.30. The number of hydrogen-bond donors (Lipinski definition) is 0. The van der Waals surface area contributed by atoms with Crippen molar-refractivity contribution in [3.63, 3.8) is 0 Å². The van der Waals surface area contributed by atoms with Gasteiger partial charge in [0.2, 0.25) is 0 Å². The number of para-hydroxylation sites is 1. The summed E-state index contributed by atoms with van der Waals surface area (Å²) in [6.45, 7) is -0.286. The number of thioether (sulfide) groups is 1. The molecule has 118 valence electrons. The van der Waals surface area contributed by atoms with E-state index in [1.807, 2.05) is 12.1 Å². The molecule has 0 radical (unpaired) electrons. The number of nitrogens with zero attached hydrogens (tertiary/aromatic N) is 3. The topological polar surface area (TPSA) is 55.2 Å². The molecule has 2 aromatic rings. The first kappa shape index (κ1) is 15.3. The van der Waals surface area contributed by atoms with Gasteiger partial charge in [-0.3, -0.25) is 8.99 Å². The van der Waals surface area contributed by atoms with Gasteiger partial charge < -0.3 is 0 Å². The Hall–Kier alpha value is -1.61. The van der Waals surface area contributed by atoms with Crippen LogP contribution in [0, 0.1) is 0 Å². The molecule has 0 bridgehead atoms. The van der Waals surface area contributed by atoms with Crippen molar-refractivity contribution in [1.29, 1.82) is 0 Å². The van der Waals surface area contributed by atoms with Crippen molar-refractivity contribution in [1.82, 2.24) is 9.78 Å². The van der Waals surface area contributed by atoms with E-state index in [-0.39, 0.29) is 4.90 Å². The number of halogens is 2. The number of hydrogen-bond acceptors (Lipinski definition) is 4. The van der Waals surface area contributed by atoms with Gasteiger partial charge in [-0.25, -0.2) is 17.2 Å². The molecule has 22 heavy (non-hydrogen) atoms. The van der Waals surface area contributed by atoms with Gasteiger partial charge >= 0.3 is 0 Å². The second kappa shape index (κ2) is 5.88. The third-order valence-electron chi connectivity index (χ3n) is 3.21. The number of sulfonamides is 1. The zero-order valence-corrected chi connectivity index (χ0v) is 13.0. The lowest BCUT2D eigenvalue weighted by Gasteiger charge is -2.29. The minimum absolute atomic E-state index is 0.0742. The van der Waals surface area contributed by atoms with Crippen LogP contribution in [0.1, 0.15) is 0 Å². The summed E-state index contributed by atoms with van der Waals surface area (Å²) in [5.74, 6) is 0.640. The fourth-order valence-electron chi connectivity index (χ4n) is 2.24. The Balaban J connectivity index is 1.95. The first-order valence-electron chi connectivity index (χ1n) is 6.53. The van der Waals surface area contributed by atoms with Crippen LogP contribution in [0.15, 0.2) is 46.5 Å². The van der Waals surface area contributed by atoms with E-state index in [9.17, 15) is 17.2 Å². The number of benzene rings is 1. The summed E-state index contributed by atoms with van der Waals surface area (Å²) in [5.41, 5.74) is 0.611. The number of aromatic nitrogens is 2. The first-order valence-corrected chi connectivity index (χ1v) is 8.96. The van der Waals surface area contributed by atoms with Crippen LogP contribution in [0.2, 0.25) is 0 Å². The van der Waals surface area contributed by atoms with Crippen LogP contribution in [0.3, 0.4) is 0 Å². The minimum Gasteiger partial charge on any atom is -0.266 e. The Morgan fingerprint density at radius 3 is 2.86 bits per heavy atom. The molecule has 1 aromatic carbocycles. The van der Waals surface area contributed by atoms with Crippen LogP contribution >= 0.6 is 11.8 Å². The molecule has 5 nitrogen and oxygen atoms in total. The van der Waals surface area contributed by atoms with E-state index in [0.29, 0.717) is 18.0 Å². The molecule has 9 heteroatoms. The molecule has 0 saturated carbocycles. The molecular weight excluding hydrogens is 332 g/mol. The third kappa shape index (κ3) is 2.82. The number of fused-ring (bicyclic) bond motifs is 1. The van der Waals surface area contributed by atoms with Crippen molar-refractivity contribution in [2.45, 2.75) is 22.8 Å². The average Bonchev–Trinajstić information content (AvgIpc) is 2.95. The third-order valence-corrected chi connectivity index (χ3v) is 6.02. The molecule has 3 rings (SSSR count). The molecule has 0 N–H and O–H groups in total. The largest absolute Gasteiger partial charge is 0.267 e. The van der Waals surface area contributed by atoms with Gasteiger partial charge in [0.15, 0.2) is 0 Å². The highest BCUT2D eigenvalue weighted by atomic mass is 32.2. The lowest BCUT2D eigenvalue weighted by molar-refractivity contribution is 0.121. The number of anilines is 1. The van der Waals surface area contributed by atoms with Crippen molar-refractivity contribution in [3.8, 4) is 0 Å². The summed E-state index contributed by atoms with van der Waals surface area (Å²) in [6, 6.07) is 7.22. The quantitative estimate of drug-likeness (QED) is 0.854. The van der Waals surface area contributed by atoms with E-state index < -0.39 is 23.0 Å². The fourth-order valence-corrected chi connectivity index (χ4v) is 4.85. The lowest BCUT2D eigenvalue weighted by atomic mass is 10.3. The van der Waals surface area contributed by atoms with Crippen molar-refractivity contribution in [2.75, 3.05) is 16.6 Å². The monoisotopic (exact) mass is 345 g/mol. The maximum Gasteiger partial charge on any atom is 0.267 e. The normalized spacial score (nSPS) is 15.1. The van der Waals surface area contributed by atoms with E-state index in [1.165, 1.54) is 4.31 Å². The summed E-state index contributed by atoms with van der Waals surface area (Å²) >= 11 is 1.59. The van der Waals surface area contributed by atoms with Gasteiger partial charge in [-0.2, -0.15) is 5.10 Å². The molecule has 0 unspecified atom stereocenters. The van der Waals surface area contributed by atoms with E-state index >= 15 is 0 Å². The van der Waals surface area contributed by atoms with Crippen LogP contribution in [0.4, 0.5) is 14.5 Å². The minimum atomic E-state index is -3.80. The Morgan fingerprint density at radius 2 is 2.09 bits per heavy atom. The van der Waals surface area contributed by atoms with Crippen molar-refractivity contribution in [3.05, 3.63) is 36.7 Å². The molecule has 0 amide bonds. The molecule has 0 fully saturated rings. The van der Waals surface area contributed by atoms with Crippen LogP contribution in [-0.2, 0) is 16.6 Å². The van der Waals surface area contributed by atoms with Crippen molar-refractivity contribution >= 4 is 27.5 Å². The van der Waals surface area contributed by atoms with E-state index in [2.05, 4.69) is 5.10 Å².